The summed E-state index contributed by atoms with van der Waals surface area (Å²) in [6.45, 7) is 4.35. The lowest BCUT2D eigenvalue weighted by Gasteiger charge is -2.07. The summed E-state index contributed by atoms with van der Waals surface area (Å²) in [5, 5.41) is 14.1. The van der Waals surface area contributed by atoms with Gasteiger partial charge in [0.05, 0.1) is 4.92 Å². The van der Waals surface area contributed by atoms with Gasteiger partial charge < -0.3 is 5.32 Å². The van der Waals surface area contributed by atoms with Crippen LogP contribution in [0.15, 0.2) is 42.5 Å². The van der Waals surface area contributed by atoms with Crippen LogP contribution >= 0.6 is 0 Å². The van der Waals surface area contributed by atoms with Crippen LogP contribution in [0.5, 0.6) is 0 Å². The highest BCUT2D eigenvalue weighted by molar-refractivity contribution is 5.47. The number of nitrogens with zero attached hydrogens (tertiary/aromatic N) is 1. The Morgan fingerprint density at radius 2 is 1.79 bits per heavy atom. The number of nitro groups is 1. The van der Waals surface area contributed by atoms with Crippen molar-refractivity contribution in [2.24, 2.45) is 0 Å². The molecule has 0 aliphatic heterocycles. The Morgan fingerprint density at radius 3 is 2.42 bits per heavy atom. The fourth-order valence-electron chi connectivity index (χ4n) is 1.84. The molecular formula is C15H16N2O2. The molecule has 0 aliphatic carbocycles. The van der Waals surface area contributed by atoms with Gasteiger partial charge in [-0.15, -0.1) is 0 Å². The van der Waals surface area contributed by atoms with Crippen LogP contribution in [0, 0.1) is 24.0 Å². The molecule has 0 fully saturated rings. The van der Waals surface area contributed by atoms with Crippen molar-refractivity contribution >= 4 is 11.4 Å². The fraction of sp³-hybridized carbons (Fsp3) is 0.200. The molecular weight excluding hydrogens is 240 g/mol. The number of aryl methyl sites for hydroxylation is 2. The summed E-state index contributed by atoms with van der Waals surface area (Å²) in [6.07, 6.45) is 0. The van der Waals surface area contributed by atoms with Gasteiger partial charge in [0.2, 0.25) is 0 Å². The fourth-order valence-corrected chi connectivity index (χ4v) is 1.84. The topological polar surface area (TPSA) is 55.2 Å². The van der Waals surface area contributed by atoms with Crippen LogP contribution < -0.4 is 5.32 Å². The molecule has 2 aromatic rings. The van der Waals surface area contributed by atoms with Gasteiger partial charge in [-0.1, -0.05) is 29.8 Å². The Morgan fingerprint density at radius 1 is 1.11 bits per heavy atom. The second kappa shape index (κ2) is 5.52. The van der Waals surface area contributed by atoms with Crippen LogP contribution in [-0.4, -0.2) is 4.92 Å². The smallest absolute Gasteiger partial charge is 0.272 e. The van der Waals surface area contributed by atoms with Crippen molar-refractivity contribution in [2.75, 3.05) is 5.32 Å². The van der Waals surface area contributed by atoms with E-state index in [4.69, 9.17) is 0 Å². The van der Waals surface area contributed by atoms with Crippen molar-refractivity contribution in [3.8, 4) is 0 Å². The highest BCUT2D eigenvalue weighted by atomic mass is 16.6. The van der Waals surface area contributed by atoms with E-state index in [9.17, 15) is 10.1 Å². The molecule has 0 atom stereocenters. The first-order valence-corrected chi connectivity index (χ1v) is 6.11. The second-order valence-corrected chi connectivity index (χ2v) is 4.60. The van der Waals surface area contributed by atoms with Gasteiger partial charge in [-0.3, -0.25) is 10.1 Å². The molecule has 98 valence electrons. The van der Waals surface area contributed by atoms with E-state index in [1.54, 1.807) is 19.1 Å². The van der Waals surface area contributed by atoms with E-state index >= 15 is 0 Å². The number of hydrogen-bond acceptors (Lipinski definition) is 3. The summed E-state index contributed by atoms with van der Waals surface area (Å²) in [5.74, 6) is 0. The highest BCUT2D eigenvalue weighted by Gasteiger charge is 2.10. The zero-order chi connectivity index (χ0) is 13.8. The van der Waals surface area contributed by atoms with E-state index in [1.165, 1.54) is 5.56 Å². The number of nitrogens with one attached hydrogen (secondary N) is 1. The minimum absolute atomic E-state index is 0.170. The molecule has 1 N–H and O–H groups in total. The molecule has 19 heavy (non-hydrogen) atoms. The summed E-state index contributed by atoms with van der Waals surface area (Å²) in [7, 11) is 0. The van der Waals surface area contributed by atoms with E-state index in [2.05, 4.69) is 5.32 Å². The Bertz CT molecular complexity index is 592. The molecule has 2 rings (SSSR count). The summed E-state index contributed by atoms with van der Waals surface area (Å²) < 4.78 is 0. The molecule has 0 aromatic heterocycles. The third kappa shape index (κ3) is 3.31. The molecule has 0 bridgehead atoms. The number of nitro benzene ring substituents is 1. The van der Waals surface area contributed by atoms with E-state index in [-0.39, 0.29) is 10.6 Å². The van der Waals surface area contributed by atoms with E-state index in [0.717, 1.165) is 11.3 Å². The highest BCUT2D eigenvalue weighted by Crippen LogP contribution is 2.20. The number of benzene rings is 2. The van der Waals surface area contributed by atoms with Gasteiger partial charge in [0.1, 0.15) is 0 Å². The van der Waals surface area contributed by atoms with Crippen molar-refractivity contribution < 1.29 is 4.92 Å². The lowest BCUT2D eigenvalue weighted by atomic mass is 10.1. The molecule has 0 amide bonds. The van der Waals surface area contributed by atoms with E-state index < -0.39 is 0 Å². The first-order valence-electron chi connectivity index (χ1n) is 6.11. The molecule has 4 nitrogen and oxygen atoms in total. The minimum Gasteiger partial charge on any atom is -0.381 e. The van der Waals surface area contributed by atoms with Crippen molar-refractivity contribution in [3.63, 3.8) is 0 Å². The van der Waals surface area contributed by atoms with Gasteiger partial charge >= 0.3 is 0 Å². The lowest BCUT2D eigenvalue weighted by Crippen LogP contribution is -2.01. The molecule has 0 heterocycles. The molecule has 2 aromatic carbocycles. The standard InChI is InChI=1S/C15H16N2O2/c1-11-3-7-14(8-4-11)16-10-13-6-5-12(2)15(9-13)17(18)19/h3-9,16H,10H2,1-2H3. The quantitative estimate of drug-likeness (QED) is 0.668. The SMILES string of the molecule is Cc1ccc(NCc2ccc(C)c([N+](=O)[O-])c2)cc1. The predicted octanol–water partition coefficient (Wildman–Crippen LogP) is 3.82. The lowest BCUT2D eigenvalue weighted by molar-refractivity contribution is -0.385. The summed E-state index contributed by atoms with van der Waals surface area (Å²) in [5.41, 5.74) is 3.97. The Hall–Kier alpha value is -2.36. The van der Waals surface area contributed by atoms with E-state index in [1.807, 2.05) is 37.3 Å². The van der Waals surface area contributed by atoms with Crippen LogP contribution in [0.4, 0.5) is 11.4 Å². The first-order chi connectivity index (χ1) is 9.06. The van der Waals surface area contributed by atoms with E-state index in [0.29, 0.717) is 12.1 Å². The third-order valence-electron chi connectivity index (χ3n) is 3.02. The zero-order valence-corrected chi connectivity index (χ0v) is 11.0. The van der Waals surface area contributed by atoms with Gasteiger partial charge in [-0.25, -0.2) is 0 Å². The van der Waals surface area contributed by atoms with Crippen LogP contribution in [0.1, 0.15) is 16.7 Å². The first kappa shape index (κ1) is 13.1. The van der Waals surface area contributed by atoms with Crippen molar-refractivity contribution in [1.29, 1.82) is 0 Å². The maximum absolute atomic E-state index is 10.9. The molecule has 0 radical (unpaired) electrons. The second-order valence-electron chi connectivity index (χ2n) is 4.60. The van der Waals surface area contributed by atoms with Crippen LogP contribution in [0.2, 0.25) is 0 Å². The average Bonchev–Trinajstić information content (AvgIpc) is 2.39. The molecule has 0 unspecified atom stereocenters. The van der Waals surface area contributed by atoms with Crippen LogP contribution in [-0.2, 0) is 6.54 Å². The summed E-state index contributed by atoms with van der Waals surface area (Å²) >= 11 is 0. The molecule has 0 aliphatic rings. The maximum Gasteiger partial charge on any atom is 0.272 e. The summed E-state index contributed by atoms with van der Waals surface area (Å²) in [4.78, 5) is 10.5. The van der Waals surface area contributed by atoms with Crippen molar-refractivity contribution in [1.82, 2.24) is 0 Å². The van der Waals surface area contributed by atoms with Crippen molar-refractivity contribution in [2.45, 2.75) is 20.4 Å². The Kier molecular flexibility index (Phi) is 3.80. The molecule has 0 saturated carbocycles. The number of anilines is 1. The maximum atomic E-state index is 10.9. The molecule has 4 heteroatoms. The molecule has 0 spiro atoms. The average molecular weight is 256 g/mol. The zero-order valence-electron chi connectivity index (χ0n) is 11.0. The monoisotopic (exact) mass is 256 g/mol. The number of hydrogen-bond donors (Lipinski definition) is 1. The van der Waals surface area contributed by atoms with Gasteiger partial charge in [0.15, 0.2) is 0 Å². The Labute approximate surface area is 112 Å². The van der Waals surface area contributed by atoms with Gasteiger partial charge in [-0.2, -0.15) is 0 Å². The van der Waals surface area contributed by atoms with Gasteiger partial charge in [-0.05, 0) is 31.5 Å². The Balaban J connectivity index is 2.09. The minimum atomic E-state index is -0.343. The largest absolute Gasteiger partial charge is 0.381 e. The van der Waals surface area contributed by atoms with Crippen LogP contribution in [0.25, 0.3) is 0 Å². The molecule has 0 saturated heterocycles. The summed E-state index contributed by atoms with van der Waals surface area (Å²) in [6, 6.07) is 13.4. The van der Waals surface area contributed by atoms with Gasteiger partial charge in [0, 0.05) is 23.9 Å². The van der Waals surface area contributed by atoms with Crippen molar-refractivity contribution in [3.05, 3.63) is 69.3 Å². The number of rotatable bonds is 4. The van der Waals surface area contributed by atoms with Gasteiger partial charge in [0.25, 0.3) is 5.69 Å². The normalized spacial score (nSPS) is 10.2. The van der Waals surface area contributed by atoms with Crippen LogP contribution in [0.3, 0.4) is 0 Å². The predicted molar refractivity (Wildman–Crippen MR) is 76.3 cm³/mol. The third-order valence-corrected chi connectivity index (χ3v) is 3.02.